The summed E-state index contributed by atoms with van der Waals surface area (Å²) >= 11 is 5.99. The summed E-state index contributed by atoms with van der Waals surface area (Å²) in [5.74, 6) is 0.490. The summed E-state index contributed by atoms with van der Waals surface area (Å²) in [6.07, 6.45) is 0.810. The average molecular weight is 283 g/mol. The minimum Gasteiger partial charge on any atom is -0.358 e. The van der Waals surface area contributed by atoms with Crippen LogP contribution in [0.2, 0.25) is 5.02 Å². The van der Waals surface area contributed by atoms with Crippen molar-refractivity contribution in [3.05, 3.63) is 34.9 Å². The summed E-state index contributed by atoms with van der Waals surface area (Å²) in [6, 6.07) is 7.61. The standard InChI is InChI=1S/C15H23ClN2O/c1-10(2)8-14(15(19)17-4)18-11(3)12-6-5-7-13(16)9-12/h5-7,9-11,14,18H,8H2,1-4H3,(H,17,19). The van der Waals surface area contributed by atoms with Gasteiger partial charge in [0.1, 0.15) is 0 Å². The number of nitrogens with one attached hydrogen (secondary N) is 2. The van der Waals surface area contributed by atoms with E-state index in [-0.39, 0.29) is 18.0 Å². The normalized spacial score (nSPS) is 14.2. The number of likely N-dealkylation sites (N-methyl/N-ethyl adjacent to an activating group) is 1. The molecule has 1 aromatic rings. The number of hydrogen-bond acceptors (Lipinski definition) is 2. The molecular formula is C15H23ClN2O. The third-order valence-electron chi connectivity index (χ3n) is 3.07. The van der Waals surface area contributed by atoms with Crippen molar-refractivity contribution in [1.82, 2.24) is 10.6 Å². The zero-order valence-corrected chi connectivity index (χ0v) is 12.8. The Morgan fingerprint density at radius 3 is 2.53 bits per heavy atom. The van der Waals surface area contributed by atoms with Crippen molar-refractivity contribution in [3.8, 4) is 0 Å². The predicted molar refractivity (Wildman–Crippen MR) is 80.3 cm³/mol. The molecule has 0 spiro atoms. The summed E-state index contributed by atoms with van der Waals surface area (Å²) in [6.45, 7) is 6.27. The highest BCUT2D eigenvalue weighted by Crippen LogP contribution is 2.19. The second kappa shape index (κ2) is 7.51. The fourth-order valence-electron chi connectivity index (χ4n) is 2.07. The zero-order chi connectivity index (χ0) is 14.4. The van der Waals surface area contributed by atoms with Crippen LogP contribution in [0.25, 0.3) is 0 Å². The van der Waals surface area contributed by atoms with Crippen LogP contribution in [0.3, 0.4) is 0 Å². The lowest BCUT2D eigenvalue weighted by molar-refractivity contribution is -0.123. The number of carbonyl (C=O) groups excluding carboxylic acids is 1. The van der Waals surface area contributed by atoms with Crippen molar-refractivity contribution in [2.45, 2.75) is 39.3 Å². The molecule has 19 heavy (non-hydrogen) atoms. The van der Waals surface area contributed by atoms with Gasteiger partial charge in [-0.15, -0.1) is 0 Å². The van der Waals surface area contributed by atoms with Gasteiger partial charge in [0.25, 0.3) is 0 Å². The highest BCUT2D eigenvalue weighted by atomic mass is 35.5. The van der Waals surface area contributed by atoms with E-state index in [1.807, 2.05) is 31.2 Å². The van der Waals surface area contributed by atoms with Crippen LogP contribution >= 0.6 is 11.6 Å². The summed E-state index contributed by atoms with van der Waals surface area (Å²) in [4.78, 5) is 11.9. The average Bonchev–Trinajstić information content (AvgIpc) is 2.36. The molecule has 0 fully saturated rings. The van der Waals surface area contributed by atoms with Crippen molar-refractivity contribution < 1.29 is 4.79 Å². The highest BCUT2D eigenvalue weighted by molar-refractivity contribution is 6.30. The predicted octanol–water partition coefficient (Wildman–Crippen LogP) is 3.15. The molecule has 0 aliphatic rings. The molecule has 2 N–H and O–H groups in total. The number of halogens is 1. The van der Waals surface area contributed by atoms with Gasteiger partial charge in [-0.05, 0) is 37.0 Å². The maximum absolute atomic E-state index is 11.9. The lowest BCUT2D eigenvalue weighted by atomic mass is 10.0. The largest absolute Gasteiger partial charge is 0.358 e. The highest BCUT2D eigenvalue weighted by Gasteiger charge is 2.21. The van der Waals surface area contributed by atoms with Crippen molar-refractivity contribution in [2.24, 2.45) is 5.92 Å². The Balaban J connectivity index is 2.75. The summed E-state index contributed by atoms with van der Waals surface area (Å²) < 4.78 is 0. The molecule has 2 unspecified atom stereocenters. The number of rotatable bonds is 6. The van der Waals surface area contributed by atoms with E-state index in [9.17, 15) is 4.79 Å². The van der Waals surface area contributed by atoms with E-state index in [0.717, 1.165) is 12.0 Å². The van der Waals surface area contributed by atoms with Crippen LogP contribution < -0.4 is 10.6 Å². The first-order valence-electron chi connectivity index (χ1n) is 6.67. The maximum Gasteiger partial charge on any atom is 0.236 e. The molecule has 0 heterocycles. The molecule has 0 aliphatic carbocycles. The van der Waals surface area contributed by atoms with Gasteiger partial charge in [-0.25, -0.2) is 0 Å². The molecule has 2 atom stereocenters. The van der Waals surface area contributed by atoms with E-state index in [1.54, 1.807) is 7.05 Å². The zero-order valence-electron chi connectivity index (χ0n) is 12.0. The molecule has 0 aliphatic heterocycles. The topological polar surface area (TPSA) is 41.1 Å². The van der Waals surface area contributed by atoms with Crippen molar-refractivity contribution in [1.29, 1.82) is 0 Å². The monoisotopic (exact) mass is 282 g/mol. The van der Waals surface area contributed by atoms with Gasteiger partial charge in [-0.2, -0.15) is 0 Å². The number of hydrogen-bond donors (Lipinski definition) is 2. The van der Waals surface area contributed by atoms with Gasteiger partial charge < -0.3 is 5.32 Å². The quantitative estimate of drug-likeness (QED) is 0.841. The molecular weight excluding hydrogens is 260 g/mol. The van der Waals surface area contributed by atoms with Crippen LogP contribution in [0.15, 0.2) is 24.3 Å². The lowest BCUT2D eigenvalue weighted by Gasteiger charge is -2.24. The lowest BCUT2D eigenvalue weighted by Crippen LogP contribution is -2.44. The van der Waals surface area contributed by atoms with Crippen molar-refractivity contribution in [3.63, 3.8) is 0 Å². The van der Waals surface area contributed by atoms with Crippen LogP contribution in [-0.2, 0) is 4.79 Å². The molecule has 1 rings (SSSR count). The Morgan fingerprint density at radius 2 is 2.00 bits per heavy atom. The second-order valence-corrected chi connectivity index (χ2v) is 5.68. The molecule has 0 aromatic heterocycles. The molecule has 1 aromatic carbocycles. The summed E-state index contributed by atoms with van der Waals surface area (Å²) in [5.41, 5.74) is 1.09. The molecule has 3 nitrogen and oxygen atoms in total. The molecule has 4 heteroatoms. The van der Waals surface area contributed by atoms with E-state index in [0.29, 0.717) is 10.9 Å². The number of amides is 1. The maximum atomic E-state index is 11.9. The van der Waals surface area contributed by atoms with Gasteiger partial charge in [0.15, 0.2) is 0 Å². The Kier molecular flexibility index (Phi) is 6.32. The fourth-order valence-corrected chi connectivity index (χ4v) is 2.27. The first-order chi connectivity index (χ1) is 8.93. The summed E-state index contributed by atoms with van der Waals surface area (Å²) in [5, 5.41) is 6.80. The first kappa shape index (κ1) is 16.0. The van der Waals surface area contributed by atoms with E-state index in [2.05, 4.69) is 24.5 Å². The van der Waals surface area contributed by atoms with Crippen LogP contribution in [0.5, 0.6) is 0 Å². The Labute approximate surface area is 120 Å². The van der Waals surface area contributed by atoms with Gasteiger partial charge in [-0.3, -0.25) is 10.1 Å². The minimum atomic E-state index is -0.181. The summed E-state index contributed by atoms with van der Waals surface area (Å²) in [7, 11) is 1.67. The van der Waals surface area contributed by atoms with Gasteiger partial charge in [-0.1, -0.05) is 37.6 Å². The number of benzene rings is 1. The van der Waals surface area contributed by atoms with Crippen molar-refractivity contribution >= 4 is 17.5 Å². The Morgan fingerprint density at radius 1 is 1.32 bits per heavy atom. The Bertz CT molecular complexity index is 420. The smallest absolute Gasteiger partial charge is 0.236 e. The molecule has 0 bridgehead atoms. The van der Waals surface area contributed by atoms with Crippen LogP contribution in [0, 0.1) is 5.92 Å². The van der Waals surface area contributed by atoms with Crippen LogP contribution in [0.4, 0.5) is 0 Å². The fraction of sp³-hybridized carbons (Fsp3) is 0.533. The van der Waals surface area contributed by atoms with Crippen LogP contribution in [0.1, 0.15) is 38.8 Å². The van der Waals surface area contributed by atoms with Gasteiger partial charge in [0.05, 0.1) is 6.04 Å². The molecule has 106 valence electrons. The van der Waals surface area contributed by atoms with Crippen LogP contribution in [-0.4, -0.2) is 19.0 Å². The Hall–Kier alpha value is -1.06. The van der Waals surface area contributed by atoms with E-state index in [1.165, 1.54) is 0 Å². The minimum absolute atomic E-state index is 0.0302. The third-order valence-corrected chi connectivity index (χ3v) is 3.30. The SMILES string of the molecule is CNC(=O)C(CC(C)C)NC(C)c1cccc(Cl)c1. The van der Waals surface area contributed by atoms with Crippen molar-refractivity contribution in [2.75, 3.05) is 7.05 Å². The molecule has 0 radical (unpaired) electrons. The molecule has 1 amide bonds. The third kappa shape index (κ3) is 5.21. The van der Waals surface area contributed by atoms with Gasteiger partial charge in [0, 0.05) is 18.1 Å². The molecule has 0 saturated heterocycles. The van der Waals surface area contributed by atoms with E-state index >= 15 is 0 Å². The first-order valence-corrected chi connectivity index (χ1v) is 7.05. The van der Waals surface area contributed by atoms with E-state index in [4.69, 9.17) is 11.6 Å². The van der Waals surface area contributed by atoms with Gasteiger partial charge >= 0.3 is 0 Å². The second-order valence-electron chi connectivity index (χ2n) is 5.24. The van der Waals surface area contributed by atoms with E-state index < -0.39 is 0 Å². The van der Waals surface area contributed by atoms with Gasteiger partial charge in [0.2, 0.25) is 5.91 Å². The molecule has 0 saturated carbocycles. The number of carbonyl (C=O) groups is 1.